The fraction of sp³-hybridized carbons (Fsp3) is 0.360. The van der Waals surface area contributed by atoms with E-state index in [0.29, 0.717) is 28.6 Å². The van der Waals surface area contributed by atoms with Crippen LogP contribution in [-0.4, -0.2) is 90.1 Å². The molecule has 0 bridgehead atoms. The summed E-state index contributed by atoms with van der Waals surface area (Å²) in [6, 6.07) is 9.38. The van der Waals surface area contributed by atoms with Crippen LogP contribution in [0.25, 0.3) is 21.5 Å². The summed E-state index contributed by atoms with van der Waals surface area (Å²) in [4.78, 5) is 35.7. The monoisotopic (exact) mass is 523 g/mol. The van der Waals surface area contributed by atoms with Gasteiger partial charge in [-0.05, 0) is 30.3 Å². The first-order valence-corrected chi connectivity index (χ1v) is 12.8. The van der Waals surface area contributed by atoms with Crippen molar-refractivity contribution in [2.24, 2.45) is 0 Å². The molecule has 0 spiro atoms. The molecule has 0 saturated carbocycles. The number of aromatic nitrogens is 4. The van der Waals surface area contributed by atoms with Gasteiger partial charge in [-0.15, -0.1) is 11.3 Å². The zero-order valence-electron chi connectivity index (χ0n) is 20.8. The average Bonchev–Trinajstić information content (AvgIpc) is 3.67. The third kappa shape index (κ3) is 5.57. The van der Waals surface area contributed by atoms with Gasteiger partial charge in [-0.1, -0.05) is 0 Å². The first-order valence-electron chi connectivity index (χ1n) is 12.0. The summed E-state index contributed by atoms with van der Waals surface area (Å²) >= 11 is 1.39. The number of methoxy groups -OCH3 is 1. The molecule has 2 amide bonds. The molecular formula is C25H29N7O4S. The quantitative estimate of drug-likeness (QED) is 0.346. The Hall–Kier alpha value is -3.58. The smallest absolute Gasteiger partial charge is 0.268 e. The van der Waals surface area contributed by atoms with Gasteiger partial charge in [-0.2, -0.15) is 5.10 Å². The van der Waals surface area contributed by atoms with Crippen molar-refractivity contribution >= 4 is 45.8 Å². The predicted octanol–water partition coefficient (Wildman–Crippen LogP) is 2.68. The molecular weight excluding hydrogens is 494 g/mol. The number of imidazole rings is 1. The zero-order valence-corrected chi connectivity index (χ0v) is 21.6. The average molecular weight is 524 g/mol. The Kier molecular flexibility index (Phi) is 7.60. The number of benzene rings is 1. The number of ether oxygens (including phenoxy) is 2. The largest absolute Gasteiger partial charge is 0.379 e. The normalized spacial score (nSPS) is 14.2. The van der Waals surface area contributed by atoms with Crippen LogP contribution in [0.3, 0.4) is 0 Å². The van der Waals surface area contributed by atoms with Crippen LogP contribution in [0.1, 0.15) is 9.67 Å². The molecule has 0 radical (unpaired) electrons. The molecule has 2 N–H and O–H groups in total. The van der Waals surface area contributed by atoms with Gasteiger partial charge in [0, 0.05) is 62.7 Å². The van der Waals surface area contributed by atoms with Crippen molar-refractivity contribution in [1.82, 2.24) is 24.6 Å². The van der Waals surface area contributed by atoms with E-state index in [-0.39, 0.29) is 18.4 Å². The molecule has 5 rings (SSSR count). The highest BCUT2D eigenvalue weighted by Crippen LogP contribution is 2.29. The minimum atomic E-state index is -0.227. The number of hydrogen-bond acceptors (Lipinski definition) is 8. The van der Waals surface area contributed by atoms with Gasteiger partial charge < -0.3 is 18.9 Å². The van der Waals surface area contributed by atoms with Gasteiger partial charge in [0.25, 0.3) is 11.8 Å². The lowest BCUT2D eigenvalue weighted by atomic mass is 10.2. The molecule has 4 heterocycles. The summed E-state index contributed by atoms with van der Waals surface area (Å²) in [7, 11) is 3.20. The number of morpholine rings is 1. The number of fused-ring (bicyclic) bond motifs is 1. The Balaban J connectivity index is 1.42. The van der Waals surface area contributed by atoms with Crippen LogP contribution in [0.4, 0.5) is 11.6 Å². The first kappa shape index (κ1) is 25.1. The lowest BCUT2D eigenvalue weighted by molar-refractivity contribution is -0.121. The molecule has 11 nitrogen and oxygen atoms in total. The predicted molar refractivity (Wildman–Crippen MR) is 142 cm³/mol. The molecule has 0 aliphatic carbocycles. The standard InChI is InChI=1S/C25H29N7O4S/c1-30(23(33)16-35-2)18-3-4-20-19(13-18)28-25(32(20)8-7-31-9-11-36-12-10-31)29-24(34)22-6-5-21(37-22)17-14-26-27-15-17/h3-6,13-15H,7-12,16H2,1-2H3,(H,26,27)(H,28,29,34). The van der Waals surface area contributed by atoms with Gasteiger partial charge in [0.1, 0.15) is 6.61 Å². The van der Waals surface area contributed by atoms with Gasteiger partial charge in [-0.25, -0.2) is 4.98 Å². The maximum atomic E-state index is 13.2. The van der Waals surface area contributed by atoms with E-state index in [4.69, 9.17) is 14.5 Å². The van der Waals surface area contributed by atoms with Crippen molar-refractivity contribution in [3.63, 3.8) is 0 Å². The molecule has 0 unspecified atom stereocenters. The van der Waals surface area contributed by atoms with Gasteiger partial charge in [-0.3, -0.25) is 24.9 Å². The molecule has 1 saturated heterocycles. The second-order valence-electron chi connectivity index (χ2n) is 8.70. The number of hydrogen-bond donors (Lipinski definition) is 2. The van der Waals surface area contributed by atoms with E-state index >= 15 is 0 Å². The molecule has 194 valence electrons. The minimum absolute atomic E-state index is 0.00848. The van der Waals surface area contributed by atoms with E-state index in [1.54, 1.807) is 25.5 Å². The fourth-order valence-electron chi connectivity index (χ4n) is 4.24. The highest BCUT2D eigenvalue weighted by atomic mass is 32.1. The van der Waals surface area contributed by atoms with E-state index in [2.05, 4.69) is 20.4 Å². The summed E-state index contributed by atoms with van der Waals surface area (Å²) in [6.45, 7) is 4.62. The number of amides is 2. The Labute approximate surface area is 218 Å². The van der Waals surface area contributed by atoms with E-state index in [1.807, 2.05) is 28.8 Å². The topological polar surface area (TPSA) is 118 Å². The van der Waals surface area contributed by atoms with Crippen LogP contribution in [0.5, 0.6) is 0 Å². The van der Waals surface area contributed by atoms with Gasteiger partial charge in [0.05, 0.1) is 35.3 Å². The van der Waals surface area contributed by atoms with Gasteiger partial charge in [0.15, 0.2) is 0 Å². The van der Waals surface area contributed by atoms with Crippen LogP contribution < -0.4 is 10.2 Å². The minimum Gasteiger partial charge on any atom is -0.379 e. The maximum Gasteiger partial charge on any atom is 0.268 e. The number of carbonyl (C=O) groups is 2. The number of nitrogens with one attached hydrogen (secondary N) is 2. The molecule has 1 aromatic carbocycles. The Morgan fingerprint density at radius 3 is 2.81 bits per heavy atom. The van der Waals surface area contributed by atoms with Crippen LogP contribution in [0.2, 0.25) is 0 Å². The number of nitrogens with zero attached hydrogens (tertiary/aromatic N) is 5. The van der Waals surface area contributed by atoms with Crippen molar-refractivity contribution in [1.29, 1.82) is 0 Å². The van der Waals surface area contributed by atoms with E-state index in [0.717, 1.165) is 48.8 Å². The molecule has 12 heteroatoms. The van der Waals surface area contributed by atoms with E-state index in [1.165, 1.54) is 23.3 Å². The van der Waals surface area contributed by atoms with Crippen molar-refractivity contribution in [3.8, 4) is 10.4 Å². The second-order valence-corrected chi connectivity index (χ2v) is 9.79. The number of thiophene rings is 1. The maximum absolute atomic E-state index is 13.2. The van der Waals surface area contributed by atoms with E-state index < -0.39 is 0 Å². The molecule has 37 heavy (non-hydrogen) atoms. The summed E-state index contributed by atoms with van der Waals surface area (Å²) in [6.07, 6.45) is 3.52. The molecule has 1 aliphatic rings. The van der Waals surface area contributed by atoms with Crippen LogP contribution >= 0.6 is 11.3 Å². The summed E-state index contributed by atoms with van der Waals surface area (Å²) in [5.41, 5.74) is 3.21. The van der Waals surface area contributed by atoms with Crippen molar-refractivity contribution in [2.75, 3.05) is 63.8 Å². The van der Waals surface area contributed by atoms with E-state index in [9.17, 15) is 9.59 Å². The number of anilines is 2. The molecule has 1 fully saturated rings. The zero-order chi connectivity index (χ0) is 25.8. The fourth-order valence-corrected chi connectivity index (χ4v) is 5.13. The number of aromatic amines is 1. The Morgan fingerprint density at radius 2 is 2.05 bits per heavy atom. The van der Waals surface area contributed by atoms with Gasteiger partial charge in [0.2, 0.25) is 5.95 Å². The summed E-state index contributed by atoms with van der Waals surface area (Å²) in [5, 5.41) is 9.79. The van der Waals surface area contributed by atoms with Crippen LogP contribution in [0, 0.1) is 0 Å². The number of likely N-dealkylation sites (N-methyl/N-ethyl adjacent to an activating group) is 1. The summed E-state index contributed by atoms with van der Waals surface area (Å²) in [5.74, 6) is 0.0816. The lowest BCUT2D eigenvalue weighted by Gasteiger charge is -2.27. The van der Waals surface area contributed by atoms with Crippen LogP contribution in [0.15, 0.2) is 42.7 Å². The van der Waals surface area contributed by atoms with Crippen molar-refractivity contribution < 1.29 is 19.1 Å². The highest BCUT2D eigenvalue weighted by Gasteiger charge is 2.20. The van der Waals surface area contributed by atoms with Crippen molar-refractivity contribution in [3.05, 3.63) is 47.6 Å². The van der Waals surface area contributed by atoms with Gasteiger partial charge >= 0.3 is 0 Å². The lowest BCUT2D eigenvalue weighted by Crippen LogP contribution is -2.38. The Morgan fingerprint density at radius 1 is 1.22 bits per heavy atom. The Bertz CT molecular complexity index is 1380. The third-order valence-corrected chi connectivity index (χ3v) is 7.48. The second kappa shape index (κ2) is 11.2. The number of H-pyrrole nitrogens is 1. The molecule has 0 atom stereocenters. The molecule has 1 aliphatic heterocycles. The van der Waals surface area contributed by atoms with Crippen LogP contribution in [-0.2, 0) is 20.8 Å². The molecule has 4 aromatic rings. The summed E-state index contributed by atoms with van der Waals surface area (Å²) < 4.78 is 12.5. The van der Waals surface area contributed by atoms with Crippen molar-refractivity contribution in [2.45, 2.75) is 6.54 Å². The SMILES string of the molecule is COCC(=O)N(C)c1ccc2c(c1)nc(NC(=O)c1ccc(-c3cn[nH]c3)s1)n2CCN1CCOCC1. The number of rotatable bonds is 9. The third-order valence-electron chi connectivity index (χ3n) is 6.34. The highest BCUT2D eigenvalue weighted by molar-refractivity contribution is 7.17. The molecule has 3 aromatic heterocycles. The number of carbonyl (C=O) groups excluding carboxylic acids is 2. The first-order chi connectivity index (χ1) is 18.0.